The van der Waals surface area contributed by atoms with Crippen molar-refractivity contribution in [2.24, 2.45) is 5.92 Å². The van der Waals surface area contributed by atoms with E-state index in [0.717, 1.165) is 35.4 Å². The fourth-order valence-electron chi connectivity index (χ4n) is 2.61. The molecule has 27 heavy (non-hydrogen) atoms. The average molecular weight is 367 g/mol. The molecule has 1 amide bonds. The molecule has 2 aromatic rings. The Kier molecular flexibility index (Phi) is 7.93. The van der Waals surface area contributed by atoms with E-state index in [4.69, 9.17) is 9.47 Å². The molecule has 0 aromatic heterocycles. The molecule has 0 unspecified atom stereocenters. The summed E-state index contributed by atoms with van der Waals surface area (Å²) in [5, 5.41) is 2.93. The van der Waals surface area contributed by atoms with E-state index < -0.39 is 0 Å². The maximum absolute atomic E-state index is 12.2. The lowest BCUT2D eigenvalue weighted by Crippen LogP contribution is -2.09. The van der Waals surface area contributed by atoms with Gasteiger partial charge in [-0.1, -0.05) is 45.0 Å². The average Bonchev–Trinajstić information content (AvgIpc) is 2.67. The van der Waals surface area contributed by atoms with Crippen LogP contribution in [0.4, 0.5) is 5.69 Å². The Morgan fingerprint density at radius 1 is 1.15 bits per heavy atom. The zero-order chi connectivity index (χ0) is 19.6. The number of aryl methyl sites for hydroxylation is 1. The molecule has 4 heteroatoms. The SMILES string of the molecule is CCc1ccccc1NC(=O)C=Cc1ccc(OCCC(C)C)c(OC)c1. The van der Waals surface area contributed by atoms with Crippen LogP contribution in [-0.4, -0.2) is 19.6 Å². The van der Waals surface area contributed by atoms with Gasteiger partial charge >= 0.3 is 0 Å². The van der Waals surface area contributed by atoms with Gasteiger partial charge < -0.3 is 14.8 Å². The first-order valence-corrected chi connectivity index (χ1v) is 9.41. The van der Waals surface area contributed by atoms with E-state index in [1.54, 1.807) is 13.2 Å². The van der Waals surface area contributed by atoms with Gasteiger partial charge in [-0.05, 0) is 54.2 Å². The van der Waals surface area contributed by atoms with Crippen molar-refractivity contribution in [1.82, 2.24) is 0 Å². The van der Waals surface area contributed by atoms with Crippen LogP contribution in [0, 0.1) is 5.92 Å². The molecule has 2 rings (SSSR count). The minimum atomic E-state index is -0.160. The van der Waals surface area contributed by atoms with Crippen LogP contribution in [0.5, 0.6) is 11.5 Å². The van der Waals surface area contributed by atoms with Gasteiger partial charge in [0.25, 0.3) is 0 Å². The van der Waals surface area contributed by atoms with E-state index in [9.17, 15) is 4.79 Å². The molecule has 0 radical (unpaired) electrons. The molecule has 0 aliphatic carbocycles. The van der Waals surface area contributed by atoms with Gasteiger partial charge in [-0.15, -0.1) is 0 Å². The van der Waals surface area contributed by atoms with Gasteiger partial charge in [0.2, 0.25) is 5.91 Å². The lowest BCUT2D eigenvalue weighted by molar-refractivity contribution is -0.111. The number of methoxy groups -OCH3 is 1. The highest BCUT2D eigenvalue weighted by molar-refractivity contribution is 6.02. The molecular formula is C23H29NO3. The second kappa shape index (κ2) is 10.4. The molecular weight excluding hydrogens is 338 g/mol. The van der Waals surface area contributed by atoms with Crippen LogP contribution < -0.4 is 14.8 Å². The largest absolute Gasteiger partial charge is 0.493 e. The summed E-state index contributed by atoms with van der Waals surface area (Å²) in [5.74, 6) is 1.82. The predicted molar refractivity (Wildman–Crippen MR) is 111 cm³/mol. The molecule has 0 spiro atoms. The summed E-state index contributed by atoms with van der Waals surface area (Å²) in [5.41, 5.74) is 2.84. The highest BCUT2D eigenvalue weighted by atomic mass is 16.5. The Hall–Kier alpha value is -2.75. The summed E-state index contributed by atoms with van der Waals surface area (Å²) >= 11 is 0. The summed E-state index contributed by atoms with van der Waals surface area (Å²) < 4.78 is 11.2. The van der Waals surface area contributed by atoms with Crippen molar-refractivity contribution in [3.05, 3.63) is 59.7 Å². The summed E-state index contributed by atoms with van der Waals surface area (Å²) in [6.45, 7) is 7.05. The lowest BCUT2D eigenvalue weighted by atomic mass is 10.1. The van der Waals surface area contributed by atoms with E-state index in [0.29, 0.717) is 18.3 Å². The van der Waals surface area contributed by atoms with Crippen LogP contribution in [0.15, 0.2) is 48.5 Å². The number of anilines is 1. The molecule has 4 nitrogen and oxygen atoms in total. The fraction of sp³-hybridized carbons (Fsp3) is 0.348. The van der Waals surface area contributed by atoms with E-state index in [2.05, 4.69) is 26.1 Å². The van der Waals surface area contributed by atoms with Crippen LogP contribution in [0.3, 0.4) is 0 Å². The zero-order valence-electron chi connectivity index (χ0n) is 16.6. The Bertz CT molecular complexity index is 781. The predicted octanol–water partition coefficient (Wildman–Crippen LogP) is 5.33. The molecule has 0 aliphatic rings. The molecule has 0 heterocycles. The van der Waals surface area contributed by atoms with Crippen LogP contribution >= 0.6 is 0 Å². The van der Waals surface area contributed by atoms with Gasteiger partial charge in [0.15, 0.2) is 11.5 Å². The Labute approximate surface area is 162 Å². The molecule has 0 fully saturated rings. The van der Waals surface area contributed by atoms with Crippen molar-refractivity contribution in [3.63, 3.8) is 0 Å². The second-order valence-electron chi connectivity index (χ2n) is 6.77. The third-order valence-electron chi connectivity index (χ3n) is 4.22. The number of carbonyl (C=O) groups excluding carboxylic acids is 1. The topological polar surface area (TPSA) is 47.6 Å². The summed E-state index contributed by atoms with van der Waals surface area (Å²) in [6, 6.07) is 13.5. The second-order valence-corrected chi connectivity index (χ2v) is 6.77. The summed E-state index contributed by atoms with van der Waals surface area (Å²) in [6.07, 6.45) is 5.16. The fourth-order valence-corrected chi connectivity index (χ4v) is 2.61. The normalized spacial score (nSPS) is 11.0. The zero-order valence-corrected chi connectivity index (χ0v) is 16.6. The van der Waals surface area contributed by atoms with Crippen LogP contribution in [0.2, 0.25) is 0 Å². The number of para-hydroxylation sites is 1. The van der Waals surface area contributed by atoms with Crippen LogP contribution in [0.1, 0.15) is 38.3 Å². The first kappa shape index (κ1) is 20.6. The number of hydrogen-bond donors (Lipinski definition) is 1. The Balaban J connectivity index is 2.02. The van der Waals surface area contributed by atoms with Gasteiger partial charge in [-0.2, -0.15) is 0 Å². The monoisotopic (exact) mass is 367 g/mol. The van der Waals surface area contributed by atoms with Crippen molar-refractivity contribution in [2.75, 3.05) is 19.0 Å². The molecule has 0 bridgehead atoms. The van der Waals surface area contributed by atoms with Crippen molar-refractivity contribution in [1.29, 1.82) is 0 Å². The van der Waals surface area contributed by atoms with E-state index >= 15 is 0 Å². The van der Waals surface area contributed by atoms with Crippen molar-refractivity contribution in [3.8, 4) is 11.5 Å². The summed E-state index contributed by atoms with van der Waals surface area (Å²) in [7, 11) is 1.62. The molecule has 0 atom stereocenters. The first-order chi connectivity index (χ1) is 13.0. The molecule has 0 saturated heterocycles. The molecule has 144 valence electrons. The number of benzene rings is 2. The number of hydrogen-bond acceptors (Lipinski definition) is 3. The van der Waals surface area contributed by atoms with Crippen molar-refractivity contribution < 1.29 is 14.3 Å². The highest BCUT2D eigenvalue weighted by Gasteiger charge is 2.06. The van der Waals surface area contributed by atoms with Gasteiger partial charge in [-0.3, -0.25) is 4.79 Å². The number of nitrogens with one attached hydrogen (secondary N) is 1. The van der Waals surface area contributed by atoms with E-state index in [1.165, 1.54) is 6.08 Å². The molecule has 2 aromatic carbocycles. The number of carbonyl (C=O) groups is 1. The number of rotatable bonds is 9. The standard InChI is InChI=1S/C23H29NO3/c1-5-19-8-6-7-9-20(19)24-23(25)13-11-18-10-12-21(22(16-18)26-4)27-15-14-17(2)3/h6-13,16-17H,5,14-15H2,1-4H3,(H,24,25). The quantitative estimate of drug-likeness (QED) is 0.609. The van der Waals surface area contributed by atoms with Crippen molar-refractivity contribution in [2.45, 2.75) is 33.6 Å². The maximum Gasteiger partial charge on any atom is 0.248 e. The molecule has 0 aliphatic heterocycles. The highest BCUT2D eigenvalue weighted by Crippen LogP contribution is 2.29. The molecule has 1 N–H and O–H groups in total. The third kappa shape index (κ3) is 6.48. The minimum absolute atomic E-state index is 0.160. The van der Waals surface area contributed by atoms with Gasteiger partial charge in [0.05, 0.1) is 13.7 Å². The Morgan fingerprint density at radius 2 is 1.93 bits per heavy atom. The maximum atomic E-state index is 12.2. The van der Waals surface area contributed by atoms with Crippen LogP contribution in [-0.2, 0) is 11.2 Å². The van der Waals surface area contributed by atoms with E-state index in [1.807, 2.05) is 42.5 Å². The third-order valence-corrected chi connectivity index (χ3v) is 4.22. The first-order valence-electron chi connectivity index (χ1n) is 9.41. The van der Waals surface area contributed by atoms with Gasteiger partial charge in [0, 0.05) is 11.8 Å². The Morgan fingerprint density at radius 3 is 2.63 bits per heavy atom. The van der Waals surface area contributed by atoms with Gasteiger partial charge in [0.1, 0.15) is 0 Å². The van der Waals surface area contributed by atoms with E-state index in [-0.39, 0.29) is 5.91 Å². The molecule has 0 saturated carbocycles. The van der Waals surface area contributed by atoms with Gasteiger partial charge in [-0.25, -0.2) is 0 Å². The minimum Gasteiger partial charge on any atom is -0.493 e. The number of ether oxygens (including phenoxy) is 2. The van der Waals surface area contributed by atoms with Crippen LogP contribution in [0.25, 0.3) is 6.08 Å². The number of amides is 1. The van der Waals surface area contributed by atoms with Crippen molar-refractivity contribution >= 4 is 17.7 Å². The smallest absolute Gasteiger partial charge is 0.248 e. The summed E-state index contributed by atoms with van der Waals surface area (Å²) in [4.78, 5) is 12.2. The lowest BCUT2D eigenvalue weighted by Gasteiger charge is -2.12.